The van der Waals surface area contributed by atoms with Crippen LogP contribution in [0.4, 0.5) is 5.82 Å². The van der Waals surface area contributed by atoms with Crippen LogP contribution in [0.25, 0.3) is 0 Å². The average Bonchev–Trinajstić information content (AvgIpc) is 2.28. The first kappa shape index (κ1) is 10.8. The summed E-state index contributed by atoms with van der Waals surface area (Å²) in [4.78, 5) is 6.69. The molecule has 0 spiro atoms. The van der Waals surface area contributed by atoms with Gasteiger partial charge in [0.05, 0.1) is 0 Å². The Balaban J connectivity index is 1.69. The average molecular weight is 289 g/mol. The van der Waals surface area contributed by atoms with Crippen LogP contribution in [0.1, 0.15) is 11.5 Å². The molecule has 1 aliphatic rings. The first-order valence-electron chi connectivity index (χ1n) is 5.74. The van der Waals surface area contributed by atoms with Gasteiger partial charge >= 0.3 is 0 Å². The molecule has 1 saturated heterocycles. The van der Waals surface area contributed by atoms with E-state index < -0.39 is 0 Å². The van der Waals surface area contributed by atoms with E-state index in [0.717, 1.165) is 23.4 Å². The molecular weight excluding hydrogens is 276 g/mol. The van der Waals surface area contributed by atoms with Crippen molar-refractivity contribution in [1.82, 2.24) is 4.98 Å². The molecule has 0 N–H and O–H groups in total. The molecule has 0 amide bonds. The molecule has 3 rings (SSSR count). The van der Waals surface area contributed by atoms with Gasteiger partial charge in [0.25, 0.3) is 0 Å². The van der Waals surface area contributed by atoms with E-state index in [4.69, 9.17) is 0 Å². The van der Waals surface area contributed by atoms with Gasteiger partial charge in [-0.05, 0) is 17.7 Å². The Morgan fingerprint density at radius 1 is 1.12 bits per heavy atom. The number of pyridine rings is 1. The van der Waals surface area contributed by atoms with E-state index in [1.807, 2.05) is 12.3 Å². The molecule has 0 bridgehead atoms. The molecule has 0 atom stereocenters. The molecule has 1 aromatic heterocycles. The lowest BCUT2D eigenvalue weighted by Gasteiger charge is -2.40. The van der Waals surface area contributed by atoms with E-state index in [0.29, 0.717) is 5.92 Å². The van der Waals surface area contributed by atoms with Crippen molar-refractivity contribution in [3.8, 4) is 0 Å². The summed E-state index contributed by atoms with van der Waals surface area (Å²) in [6.07, 6.45) is 1.84. The standard InChI is InChI=1S/C14H13BrN2/c15-13-6-7-16-14(8-13)17-9-12(10-17)11-4-2-1-3-5-11/h1-8,12H,9-10H2. The van der Waals surface area contributed by atoms with Gasteiger partial charge in [0.15, 0.2) is 0 Å². The topological polar surface area (TPSA) is 16.1 Å². The summed E-state index contributed by atoms with van der Waals surface area (Å²) >= 11 is 3.48. The number of aromatic nitrogens is 1. The normalized spacial score (nSPS) is 15.7. The molecular formula is C14H13BrN2. The van der Waals surface area contributed by atoms with Crippen molar-refractivity contribution in [2.75, 3.05) is 18.0 Å². The number of nitrogens with zero attached hydrogens (tertiary/aromatic N) is 2. The van der Waals surface area contributed by atoms with Crippen molar-refractivity contribution >= 4 is 21.7 Å². The van der Waals surface area contributed by atoms with Crippen LogP contribution < -0.4 is 4.90 Å². The third-order valence-electron chi connectivity index (χ3n) is 3.18. The Kier molecular flexibility index (Phi) is 2.85. The fraction of sp³-hybridized carbons (Fsp3) is 0.214. The van der Waals surface area contributed by atoms with E-state index in [2.05, 4.69) is 62.2 Å². The van der Waals surface area contributed by atoms with Gasteiger partial charge in [0.1, 0.15) is 5.82 Å². The fourth-order valence-electron chi connectivity index (χ4n) is 2.17. The minimum absolute atomic E-state index is 0.650. The Bertz CT molecular complexity index is 507. The Morgan fingerprint density at radius 2 is 1.88 bits per heavy atom. The van der Waals surface area contributed by atoms with Crippen LogP contribution in [0.3, 0.4) is 0 Å². The van der Waals surface area contributed by atoms with Crippen molar-refractivity contribution in [3.63, 3.8) is 0 Å². The smallest absolute Gasteiger partial charge is 0.129 e. The van der Waals surface area contributed by atoms with Gasteiger partial charge in [0.2, 0.25) is 0 Å². The van der Waals surface area contributed by atoms with E-state index in [9.17, 15) is 0 Å². The number of hydrogen-bond acceptors (Lipinski definition) is 2. The third-order valence-corrected chi connectivity index (χ3v) is 3.68. The molecule has 86 valence electrons. The van der Waals surface area contributed by atoms with Gasteiger partial charge in [0, 0.05) is 29.7 Å². The van der Waals surface area contributed by atoms with Crippen LogP contribution >= 0.6 is 15.9 Å². The van der Waals surface area contributed by atoms with Gasteiger partial charge in [-0.15, -0.1) is 0 Å². The highest BCUT2D eigenvalue weighted by Crippen LogP contribution is 2.31. The SMILES string of the molecule is Brc1ccnc(N2CC(c3ccccc3)C2)c1. The van der Waals surface area contributed by atoms with Crippen molar-refractivity contribution in [2.24, 2.45) is 0 Å². The molecule has 0 aliphatic carbocycles. The molecule has 0 unspecified atom stereocenters. The minimum Gasteiger partial charge on any atom is -0.355 e. The second-order valence-corrected chi connectivity index (χ2v) is 5.26. The van der Waals surface area contributed by atoms with Crippen LogP contribution in [0.15, 0.2) is 53.1 Å². The molecule has 17 heavy (non-hydrogen) atoms. The first-order valence-corrected chi connectivity index (χ1v) is 6.54. The van der Waals surface area contributed by atoms with Gasteiger partial charge in [-0.3, -0.25) is 0 Å². The van der Waals surface area contributed by atoms with E-state index >= 15 is 0 Å². The Labute approximate surface area is 109 Å². The molecule has 1 fully saturated rings. The minimum atomic E-state index is 0.650. The maximum absolute atomic E-state index is 4.39. The van der Waals surface area contributed by atoms with Gasteiger partial charge < -0.3 is 4.90 Å². The van der Waals surface area contributed by atoms with E-state index in [1.165, 1.54) is 5.56 Å². The summed E-state index contributed by atoms with van der Waals surface area (Å²) in [5.41, 5.74) is 1.43. The Hall–Kier alpha value is -1.35. The van der Waals surface area contributed by atoms with Gasteiger partial charge in [-0.2, -0.15) is 0 Å². The largest absolute Gasteiger partial charge is 0.355 e. The maximum atomic E-state index is 4.39. The van der Waals surface area contributed by atoms with Crippen LogP contribution in [0.2, 0.25) is 0 Å². The number of hydrogen-bond donors (Lipinski definition) is 0. The first-order chi connectivity index (χ1) is 8.33. The number of halogens is 1. The second kappa shape index (κ2) is 4.49. The predicted molar refractivity (Wildman–Crippen MR) is 73.3 cm³/mol. The number of rotatable bonds is 2. The lowest BCUT2D eigenvalue weighted by atomic mass is 9.91. The number of anilines is 1. The summed E-state index contributed by atoms with van der Waals surface area (Å²) in [7, 11) is 0. The zero-order valence-corrected chi connectivity index (χ0v) is 11.0. The molecule has 2 aromatic rings. The molecule has 1 aromatic carbocycles. The Morgan fingerprint density at radius 3 is 2.59 bits per heavy atom. The molecule has 0 saturated carbocycles. The lowest BCUT2D eigenvalue weighted by molar-refractivity contribution is 0.520. The maximum Gasteiger partial charge on any atom is 0.129 e. The fourth-order valence-corrected chi connectivity index (χ4v) is 2.49. The van der Waals surface area contributed by atoms with Crippen molar-refractivity contribution in [1.29, 1.82) is 0 Å². The quantitative estimate of drug-likeness (QED) is 0.842. The van der Waals surface area contributed by atoms with Crippen LogP contribution in [0.5, 0.6) is 0 Å². The summed E-state index contributed by atoms with van der Waals surface area (Å²) in [5.74, 6) is 1.71. The molecule has 2 heterocycles. The second-order valence-electron chi connectivity index (χ2n) is 4.34. The third kappa shape index (κ3) is 2.20. The van der Waals surface area contributed by atoms with Crippen molar-refractivity contribution in [3.05, 3.63) is 58.7 Å². The van der Waals surface area contributed by atoms with Crippen LogP contribution in [0, 0.1) is 0 Å². The summed E-state index contributed by atoms with van der Waals surface area (Å²) in [5, 5.41) is 0. The molecule has 2 nitrogen and oxygen atoms in total. The van der Waals surface area contributed by atoms with E-state index in [-0.39, 0.29) is 0 Å². The zero-order chi connectivity index (χ0) is 11.7. The summed E-state index contributed by atoms with van der Waals surface area (Å²) in [6.45, 7) is 2.13. The van der Waals surface area contributed by atoms with Crippen molar-refractivity contribution in [2.45, 2.75) is 5.92 Å². The van der Waals surface area contributed by atoms with E-state index in [1.54, 1.807) is 0 Å². The number of benzene rings is 1. The highest BCUT2D eigenvalue weighted by atomic mass is 79.9. The lowest BCUT2D eigenvalue weighted by Crippen LogP contribution is -2.45. The van der Waals surface area contributed by atoms with Gasteiger partial charge in [-0.1, -0.05) is 46.3 Å². The summed E-state index contributed by atoms with van der Waals surface area (Å²) < 4.78 is 1.09. The monoisotopic (exact) mass is 288 g/mol. The highest BCUT2D eigenvalue weighted by molar-refractivity contribution is 9.10. The zero-order valence-electron chi connectivity index (χ0n) is 9.38. The molecule has 1 aliphatic heterocycles. The van der Waals surface area contributed by atoms with Gasteiger partial charge in [-0.25, -0.2) is 4.98 Å². The highest BCUT2D eigenvalue weighted by Gasteiger charge is 2.28. The van der Waals surface area contributed by atoms with Crippen LogP contribution in [-0.2, 0) is 0 Å². The predicted octanol–water partition coefficient (Wildman–Crippen LogP) is 3.45. The van der Waals surface area contributed by atoms with Crippen LogP contribution in [-0.4, -0.2) is 18.1 Å². The molecule has 3 heteroatoms. The van der Waals surface area contributed by atoms with Crippen molar-refractivity contribution < 1.29 is 0 Å². The summed E-state index contributed by atoms with van der Waals surface area (Å²) in [6, 6.07) is 14.7. The molecule has 0 radical (unpaired) electrons.